The topological polar surface area (TPSA) is 80.9 Å². The molecule has 0 aliphatic carbocycles. The predicted octanol–water partition coefficient (Wildman–Crippen LogP) is 2.41. The van der Waals surface area contributed by atoms with Crippen LogP contribution in [0.4, 0.5) is 0 Å². The highest BCUT2D eigenvalue weighted by Gasteiger charge is 2.47. The number of aliphatic hydroxyl groups is 1. The standard InChI is InChI=1S/C21H23NO5/c1-24-21-20(26-14-16-10-6-3-7-11-16)19(18(23)17(12-22)27-21)25-13-15-8-4-2-5-9-15/h2-11,17-21,23H,13-14H2,1H3/t17-,18-,19-,20+,21-/m0/s1. The van der Waals surface area contributed by atoms with Gasteiger partial charge in [-0.15, -0.1) is 0 Å². The van der Waals surface area contributed by atoms with Crippen LogP contribution in [-0.4, -0.2) is 42.9 Å². The van der Waals surface area contributed by atoms with Gasteiger partial charge in [-0.1, -0.05) is 60.7 Å². The average molecular weight is 369 g/mol. The number of hydrogen-bond donors (Lipinski definition) is 1. The molecule has 6 heteroatoms. The number of ether oxygens (including phenoxy) is 4. The van der Waals surface area contributed by atoms with Gasteiger partial charge in [0.2, 0.25) is 0 Å². The Balaban J connectivity index is 1.74. The van der Waals surface area contributed by atoms with Gasteiger partial charge in [-0.05, 0) is 11.1 Å². The van der Waals surface area contributed by atoms with Crippen LogP contribution in [0.15, 0.2) is 60.7 Å². The van der Waals surface area contributed by atoms with Crippen molar-refractivity contribution in [2.45, 2.75) is 43.9 Å². The number of aliphatic hydroxyl groups excluding tert-OH is 1. The molecule has 0 bridgehead atoms. The fraction of sp³-hybridized carbons (Fsp3) is 0.381. The molecule has 2 aromatic rings. The highest BCUT2D eigenvalue weighted by molar-refractivity contribution is 5.15. The van der Waals surface area contributed by atoms with Gasteiger partial charge in [0, 0.05) is 7.11 Å². The molecule has 1 fully saturated rings. The number of hydrogen-bond acceptors (Lipinski definition) is 6. The van der Waals surface area contributed by atoms with E-state index in [1.807, 2.05) is 66.7 Å². The first kappa shape index (κ1) is 19.5. The van der Waals surface area contributed by atoms with Gasteiger partial charge >= 0.3 is 0 Å². The molecule has 1 heterocycles. The smallest absolute Gasteiger partial charge is 0.187 e. The Kier molecular flexibility index (Phi) is 6.93. The number of benzene rings is 2. The number of methoxy groups -OCH3 is 1. The zero-order chi connectivity index (χ0) is 19.1. The fourth-order valence-corrected chi connectivity index (χ4v) is 3.02. The van der Waals surface area contributed by atoms with Gasteiger partial charge in [0.1, 0.15) is 18.3 Å². The lowest BCUT2D eigenvalue weighted by molar-refractivity contribution is -0.300. The highest BCUT2D eigenvalue weighted by atomic mass is 16.7. The molecule has 0 radical (unpaired) electrons. The van der Waals surface area contributed by atoms with Crippen LogP contribution in [0.1, 0.15) is 11.1 Å². The van der Waals surface area contributed by atoms with Crippen molar-refractivity contribution < 1.29 is 24.1 Å². The molecule has 1 aliphatic heterocycles. The molecule has 0 unspecified atom stereocenters. The summed E-state index contributed by atoms with van der Waals surface area (Å²) < 4.78 is 22.9. The van der Waals surface area contributed by atoms with Crippen molar-refractivity contribution in [1.29, 1.82) is 5.26 Å². The van der Waals surface area contributed by atoms with Crippen molar-refractivity contribution in [2.75, 3.05) is 7.11 Å². The summed E-state index contributed by atoms with van der Waals surface area (Å²) in [5.41, 5.74) is 1.94. The SMILES string of the molecule is CO[C@H]1O[C@@H](C#N)[C@H](O)[C@H](OCc2ccccc2)[C@H]1OCc1ccccc1. The van der Waals surface area contributed by atoms with E-state index in [0.29, 0.717) is 6.61 Å². The van der Waals surface area contributed by atoms with E-state index >= 15 is 0 Å². The summed E-state index contributed by atoms with van der Waals surface area (Å²) in [6.07, 6.45) is -4.46. The third-order valence-electron chi connectivity index (χ3n) is 4.45. The molecule has 1 aliphatic rings. The van der Waals surface area contributed by atoms with Crippen molar-refractivity contribution in [2.24, 2.45) is 0 Å². The second kappa shape index (κ2) is 9.60. The Hall–Kier alpha value is -2.27. The van der Waals surface area contributed by atoms with E-state index < -0.39 is 30.7 Å². The van der Waals surface area contributed by atoms with E-state index in [2.05, 4.69) is 0 Å². The molecule has 6 nitrogen and oxygen atoms in total. The van der Waals surface area contributed by atoms with Gasteiger partial charge in [-0.2, -0.15) is 5.26 Å². The van der Waals surface area contributed by atoms with Crippen LogP contribution in [0.25, 0.3) is 0 Å². The number of nitriles is 1. The number of rotatable bonds is 7. The minimum absolute atomic E-state index is 0.280. The molecule has 2 aromatic carbocycles. The lowest BCUT2D eigenvalue weighted by atomic mass is 9.99. The fourth-order valence-electron chi connectivity index (χ4n) is 3.02. The largest absolute Gasteiger partial charge is 0.386 e. The molecule has 1 saturated heterocycles. The Labute approximate surface area is 158 Å². The van der Waals surface area contributed by atoms with Gasteiger partial charge in [0.25, 0.3) is 0 Å². The van der Waals surface area contributed by atoms with Crippen LogP contribution in [0.5, 0.6) is 0 Å². The van der Waals surface area contributed by atoms with Crippen molar-refractivity contribution in [3.8, 4) is 6.07 Å². The van der Waals surface area contributed by atoms with E-state index in [-0.39, 0.29) is 6.61 Å². The summed E-state index contributed by atoms with van der Waals surface area (Å²) in [6.45, 7) is 0.589. The second-order valence-corrected chi connectivity index (χ2v) is 6.30. The third kappa shape index (κ3) is 4.92. The third-order valence-corrected chi connectivity index (χ3v) is 4.45. The van der Waals surface area contributed by atoms with Crippen molar-refractivity contribution >= 4 is 0 Å². The lowest BCUT2D eigenvalue weighted by Gasteiger charge is -2.41. The van der Waals surface area contributed by atoms with E-state index in [4.69, 9.17) is 18.9 Å². The van der Waals surface area contributed by atoms with Crippen molar-refractivity contribution in [1.82, 2.24) is 0 Å². The molecular weight excluding hydrogens is 346 g/mol. The van der Waals surface area contributed by atoms with E-state index in [0.717, 1.165) is 11.1 Å². The quantitative estimate of drug-likeness (QED) is 0.807. The first-order valence-electron chi connectivity index (χ1n) is 8.80. The predicted molar refractivity (Wildman–Crippen MR) is 97.3 cm³/mol. The monoisotopic (exact) mass is 369 g/mol. The maximum Gasteiger partial charge on any atom is 0.187 e. The highest BCUT2D eigenvalue weighted by Crippen LogP contribution is 2.28. The lowest BCUT2D eigenvalue weighted by Crippen LogP contribution is -2.59. The van der Waals surface area contributed by atoms with Crippen LogP contribution in [-0.2, 0) is 32.2 Å². The normalized spacial score (nSPS) is 27.8. The molecule has 0 amide bonds. The molecular formula is C21H23NO5. The van der Waals surface area contributed by atoms with E-state index in [9.17, 15) is 10.4 Å². The zero-order valence-corrected chi connectivity index (χ0v) is 15.1. The van der Waals surface area contributed by atoms with Gasteiger partial charge in [-0.3, -0.25) is 0 Å². The summed E-state index contributed by atoms with van der Waals surface area (Å²) in [5, 5.41) is 19.9. The van der Waals surface area contributed by atoms with Gasteiger partial charge in [-0.25, -0.2) is 0 Å². The van der Waals surface area contributed by atoms with Crippen LogP contribution < -0.4 is 0 Å². The minimum atomic E-state index is -1.15. The first-order chi connectivity index (χ1) is 13.2. The Bertz CT molecular complexity index is 733. The molecule has 27 heavy (non-hydrogen) atoms. The Morgan fingerprint density at radius 1 is 0.926 bits per heavy atom. The maximum absolute atomic E-state index is 10.6. The first-order valence-corrected chi connectivity index (χ1v) is 8.80. The van der Waals surface area contributed by atoms with E-state index in [1.165, 1.54) is 7.11 Å². The molecule has 0 spiro atoms. The van der Waals surface area contributed by atoms with Gasteiger partial charge in [0.15, 0.2) is 12.4 Å². The summed E-state index contributed by atoms with van der Waals surface area (Å²) in [4.78, 5) is 0. The van der Waals surface area contributed by atoms with Crippen LogP contribution in [0.2, 0.25) is 0 Å². The van der Waals surface area contributed by atoms with Crippen LogP contribution >= 0.6 is 0 Å². The van der Waals surface area contributed by atoms with Gasteiger partial charge < -0.3 is 24.1 Å². The Morgan fingerprint density at radius 2 is 1.44 bits per heavy atom. The molecule has 0 saturated carbocycles. The summed E-state index contributed by atoms with van der Waals surface area (Å²) in [7, 11) is 1.48. The summed E-state index contributed by atoms with van der Waals surface area (Å²) in [6, 6.07) is 21.2. The Morgan fingerprint density at radius 3 is 1.93 bits per heavy atom. The summed E-state index contributed by atoms with van der Waals surface area (Å²) >= 11 is 0. The molecule has 0 aromatic heterocycles. The molecule has 1 N–H and O–H groups in total. The maximum atomic E-state index is 10.6. The zero-order valence-electron chi connectivity index (χ0n) is 15.1. The van der Waals surface area contributed by atoms with Crippen LogP contribution in [0.3, 0.4) is 0 Å². The molecule has 3 rings (SSSR count). The molecule has 5 atom stereocenters. The average Bonchev–Trinajstić information content (AvgIpc) is 2.73. The second-order valence-electron chi connectivity index (χ2n) is 6.30. The van der Waals surface area contributed by atoms with Crippen molar-refractivity contribution in [3.05, 3.63) is 71.8 Å². The molecule has 142 valence electrons. The number of nitrogens with zero attached hydrogens (tertiary/aromatic N) is 1. The van der Waals surface area contributed by atoms with E-state index in [1.54, 1.807) is 0 Å². The minimum Gasteiger partial charge on any atom is -0.386 e. The van der Waals surface area contributed by atoms with Gasteiger partial charge in [0.05, 0.1) is 19.3 Å². The summed E-state index contributed by atoms with van der Waals surface area (Å²) in [5.74, 6) is 0. The van der Waals surface area contributed by atoms with Crippen molar-refractivity contribution in [3.63, 3.8) is 0 Å². The van der Waals surface area contributed by atoms with Crippen LogP contribution in [0, 0.1) is 11.3 Å².